The van der Waals surface area contributed by atoms with Crippen molar-refractivity contribution in [3.63, 3.8) is 0 Å². The van der Waals surface area contributed by atoms with Gasteiger partial charge in [0, 0.05) is 23.6 Å². The second-order valence-corrected chi connectivity index (χ2v) is 7.47. The van der Waals surface area contributed by atoms with Crippen LogP contribution < -0.4 is 10.2 Å². The molecule has 2 amide bonds. The quantitative estimate of drug-likeness (QED) is 0.788. The topological polar surface area (TPSA) is 95.7 Å². The van der Waals surface area contributed by atoms with Gasteiger partial charge in [-0.05, 0) is 30.7 Å². The van der Waals surface area contributed by atoms with E-state index < -0.39 is 29.1 Å². The van der Waals surface area contributed by atoms with Crippen LogP contribution in [0, 0.1) is 0 Å². The molecule has 2 aromatic rings. The van der Waals surface area contributed by atoms with E-state index in [1.54, 1.807) is 13.8 Å². The van der Waals surface area contributed by atoms with Crippen LogP contribution in [0.15, 0.2) is 34.9 Å². The summed E-state index contributed by atoms with van der Waals surface area (Å²) in [5.74, 6) is -0.844. The van der Waals surface area contributed by atoms with E-state index in [9.17, 15) is 27.9 Å². The summed E-state index contributed by atoms with van der Waals surface area (Å²) < 4.78 is 43.3. The third kappa shape index (κ3) is 4.26. The number of carbonyl (C=O) groups is 2. The van der Waals surface area contributed by atoms with Gasteiger partial charge in [-0.3, -0.25) is 19.8 Å². The van der Waals surface area contributed by atoms with Gasteiger partial charge in [0.15, 0.2) is 0 Å². The number of aliphatic hydroxyl groups excluding tert-OH is 1. The summed E-state index contributed by atoms with van der Waals surface area (Å²) in [5.41, 5.74) is -0.852. The Morgan fingerprint density at radius 1 is 1.31 bits per heavy atom. The lowest BCUT2D eigenvalue weighted by atomic mass is 9.91. The standard InChI is InChI=1S/C19H20F3N3O4/c1-18(2,10-26)14-9-15(29-24-14)23-17(28)13-7-8-16(27)25(13)12-5-3-11(4-6-12)19(20,21)22/h3-6,9,13,26H,7-8,10H2,1-2H3,(H,23,28)/t13-/m0/s1. The molecule has 0 bridgehead atoms. The summed E-state index contributed by atoms with van der Waals surface area (Å²) in [6, 6.07) is 4.67. The highest BCUT2D eigenvalue weighted by atomic mass is 19.4. The fourth-order valence-electron chi connectivity index (χ4n) is 3.01. The predicted molar refractivity (Wildman–Crippen MR) is 97.2 cm³/mol. The minimum atomic E-state index is -4.49. The molecule has 2 N–H and O–H groups in total. The molecule has 10 heteroatoms. The number of alkyl halides is 3. The molecule has 7 nitrogen and oxygen atoms in total. The molecule has 1 fully saturated rings. The van der Waals surface area contributed by atoms with E-state index in [0.29, 0.717) is 5.69 Å². The number of anilines is 2. The van der Waals surface area contributed by atoms with Crippen molar-refractivity contribution in [1.29, 1.82) is 0 Å². The van der Waals surface area contributed by atoms with Gasteiger partial charge < -0.3 is 9.63 Å². The van der Waals surface area contributed by atoms with E-state index >= 15 is 0 Å². The van der Waals surface area contributed by atoms with E-state index in [1.807, 2.05) is 0 Å². The van der Waals surface area contributed by atoms with Crippen molar-refractivity contribution < 1.29 is 32.4 Å². The van der Waals surface area contributed by atoms with E-state index in [-0.39, 0.29) is 36.9 Å². The van der Waals surface area contributed by atoms with Gasteiger partial charge in [-0.1, -0.05) is 19.0 Å². The van der Waals surface area contributed by atoms with Crippen molar-refractivity contribution in [3.8, 4) is 0 Å². The maximum atomic E-state index is 12.8. The molecule has 29 heavy (non-hydrogen) atoms. The first kappa shape index (κ1) is 20.8. The lowest BCUT2D eigenvalue weighted by molar-refractivity contribution is -0.137. The molecule has 0 unspecified atom stereocenters. The highest BCUT2D eigenvalue weighted by molar-refractivity contribution is 6.07. The Hall–Kier alpha value is -2.88. The molecule has 0 radical (unpaired) electrons. The van der Waals surface area contributed by atoms with Crippen LogP contribution >= 0.6 is 0 Å². The van der Waals surface area contributed by atoms with E-state index in [1.165, 1.54) is 23.1 Å². The normalized spacial score (nSPS) is 17.7. The summed E-state index contributed by atoms with van der Waals surface area (Å²) in [5, 5.41) is 15.7. The van der Waals surface area contributed by atoms with Crippen molar-refractivity contribution in [3.05, 3.63) is 41.6 Å². The minimum absolute atomic E-state index is 0.0539. The number of nitrogens with zero attached hydrogens (tertiary/aromatic N) is 2. The average molecular weight is 411 g/mol. The van der Waals surface area contributed by atoms with Gasteiger partial charge in [0.05, 0.1) is 17.9 Å². The summed E-state index contributed by atoms with van der Waals surface area (Å²) in [6.07, 6.45) is -4.18. The molecule has 0 spiro atoms. The van der Waals surface area contributed by atoms with Gasteiger partial charge in [-0.25, -0.2) is 0 Å². The second-order valence-electron chi connectivity index (χ2n) is 7.47. The lowest BCUT2D eigenvalue weighted by Crippen LogP contribution is -2.41. The Labute approximate surface area is 164 Å². The third-order valence-electron chi connectivity index (χ3n) is 4.83. The molecule has 1 aromatic heterocycles. The zero-order valence-electron chi connectivity index (χ0n) is 15.8. The van der Waals surface area contributed by atoms with Crippen LogP contribution in [0.3, 0.4) is 0 Å². The van der Waals surface area contributed by atoms with Crippen molar-refractivity contribution in [1.82, 2.24) is 5.16 Å². The Kier molecular flexibility index (Phi) is 5.40. The first-order valence-electron chi connectivity index (χ1n) is 8.91. The Bertz CT molecular complexity index is 906. The van der Waals surface area contributed by atoms with Crippen molar-refractivity contribution in [2.45, 2.75) is 44.3 Å². The van der Waals surface area contributed by atoms with Crippen LogP contribution in [-0.2, 0) is 21.2 Å². The van der Waals surface area contributed by atoms with Gasteiger partial charge in [-0.2, -0.15) is 13.2 Å². The molecule has 1 atom stereocenters. The Balaban J connectivity index is 1.77. The molecule has 1 aliphatic rings. The van der Waals surface area contributed by atoms with E-state index in [2.05, 4.69) is 10.5 Å². The number of halogens is 3. The van der Waals surface area contributed by atoms with Crippen molar-refractivity contribution in [2.75, 3.05) is 16.8 Å². The monoisotopic (exact) mass is 411 g/mol. The number of benzene rings is 1. The van der Waals surface area contributed by atoms with E-state index in [0.717, 1.165) is 12.1 Å². The summed E-state index contributed by atoms with van der Waals surface area (Å²) in [6.45, 7) is 3.32. The highest BCUT2D eigenvalue weighted by Gasteiger charge is 2.38. The predicted octanol–water partition coefficient (Wildman–Crippen LogP) is 3.10. The van der Waals surface area contributed by atoms with Crippen LogP contribution in [0.25, 0.3) is 0 Å². The fraction of sp³-hybridized carbons (Fsp3) is 0.421. The zero-order chi connectivity index (χ0) is 21.4. The Morgan fingerprint density at radius 3 is 2.55 bits per heavy atom. The number of aromatic nitrogens is 1. The zero-order valence-corrected chi connectivity index (χ0v) is 15.8. The molecule has 156 valence electrons. The van der Waals surface area contributed by atoms with Gasteiger partial charge in [0.2, 0.25) is 17.7 Å². The summed E-state index contributed by atoms with van der Waals surface area (Å²) in [4.78, 5) is 26.1. The van der Waals surface area contributed by atoms with Crippen molar-refractivity contribution in [2.24, 2.45) is 0 Å². The Morgan fingerprint density at radius 2 is 1.97 bits per heavy atom. The molecule has 0 aliphatic carbocycles. The number of aliphatic hydroxyl groups is 1. The number of nitrogens with one attached hydrogen (secondary N) is 1. The molecule has 1 aromatic carbocycles. The summed E-state index contributed by atoms with van der Waals surface area (Å²) in [7, 11) is 0. The van der Waals surface area contributed by atoms with Crippen LogP contribution in [-0.4, -0.2) is 34.7 Å². The molecule has 1 aliphatic heterocycles. The molecular formula is C19H20F3N3O4. The maximum Gasteiger partial charge on any atom is 0.416 e. The first-order valence-corrected chi connectivity index (χ1v) is 8.91. The second kappa shape index (κ2) is 7.51. The molecule has 3 rings (SSSR count). The minimum Gasteiger partial charge on any atom is -0.395 e. The number of hydrogen-bond donors (Lipinski definition) is 2. The summed E-state index contributed by atoms with van der Waals surface area (Å²) >= 11 is 0. The van der Waals surface area contributed by atoms with Crippen LogP contribution in [0.5, 0.6) is 0 Å². The molecule has 1 saturated heterocycles. The van der Waals surface area contributed by atoms with Crippen LogP contribution in [0.1, 0.15) is 37.9 Å². The molecule has 0 saturated carbocycles. The lowest BCUT2D eigenvalue weighted by Gasteiger charge is -2.24. The van der Waals surface area contributed by atoms with Gasteiger partial charge >= 0.3 is 6.18 Å². The smallest absolute Gasteiger partial charge is 0.395 e. The van der Waals surface area contributed by atoms with Crippen LogP contribution in [0.2, 0.25) is 0 Å². The fourth-order valence-corrected chi connectivity index (χ4v) is 3.01. The van der Waals surface area contributed by atoms with Gasteiger partial charge in [0.25, 0.3) is 0 Å². The SMILES string of the molecule is CC(C)(CO)c1cc(NC(=O)[C@@H]2CCC(=O)N2c2ccc(C(F)(F)F)cc2)on1. The van der Waals surface area contributed by atoms with Crippen LogP contribution in [0.4, 0.5) is 24.7 Å². The highest BCUT2D eigenvalue weighted by Crippen LogP contribution is 2.33. The molecule has 2 heterocycles. The average Bonchev–Trinajstić information content (AvgIpc) is 3.28. The van der Waals surface area contributed by atoms with Gasteiger partial charge in [0.1, 0.15) is 6.04 Å². The number of amides is 2. The van der Waals surface area contributed by atoms with E-state index in [4.69, 9.17) is 4.52 Å². The number of hydrogen-bond acceptors (Lipinski definition) is 5. The largest absolute Gasteiger partial charge is 0.416 e. The number of carbonyl (C=O) groups excluding carboxylic acids is 2. The van der Waals surface area contributed by atoms with Gasteiger partial charge in [-0.15, -0.1) is 0 Å². The first-order chi connectivity index (χ1) is 13.5. The molecular weight excluding hydrogens is 391 g/mol. The number of rotatable bonds is 5. The third-order valence-corrected chi connectivity index (χ3v) is 4.83. The van der Waals surface area contributed by atoms with Crippen molar-refractivity contribution >= 4 is 23.4 Å². The maximum absolute atomic E-state index is 12.8.